The van der Waals surface area contributed by atoms with Crippen LogP contribution in [0, 0.1) is 5.82 Å². The van der Waals surface area contributed by atoms with Crippen molar-refractivity contribution in [2.45, 2.75) is 37.2 Å². The molecule has 5 aromatic carbocycles. The number of hydrogen-bond donors (Lipinski definition) is 1. The molecule has 0 spiro atoms. The third kappa shape index (κ3) is 9.33. The van der Waals surface area contributed by atoms with Crippen LogP contribution in [-0.2, 0) is 32.6 Å². The number of para-hydroxylation sites is 1. The fourth-order valence-corrected chi connectivity index (χ4v) is 6.70. The van der Waals surface area contributed by atoms with Crippen molar-refractivity contribution in [1.29, 1.82) is 0 Å². The lowest BCUT2D eigenvalue weighted by atomic mass is 10.0. The van der Waals surface area contributed by atoms with Crippen LogP contribution in [0.1, 0.15) is 24.5 Å². The molecule has 0 aliphatic heterocycles. The van der Waals surface area contributed by atoms with E-state index in [0.29, 0.717) is 30.0 Å². The third-order valence-electron chi connectivity index (χ3n) is 7.80. The fraction of sp³-hybridized carbons (Fsp3) is 0.179. The molecule has 1 N–H and O–H groups in total. The van der Waals surface area contributed by atoms with Crippen LogP contribution in [-0.4, -0.2) is 44.3 Å². The van der Waals surface area contributed by atoms with E-state index in [0.717, 1.165) is 9.87 Å². The first kappa shape index (κ1) is 34.8. The predicted octanol–water partition coefficient (Wildman–Crippen LogP) is 6.98. The summed E-state index contributed by atoms with van der Waals surface area (Å²) >= 11 is 0. The molecule has 0 saturated heterocycles. The standard InChI is InChI=1S/C39H38FN3O5S/c1-2-26-41-39(45)37(27-30-12-6-3-7-13-30)42(28-31-18-20-32(40)21-19-31)38(44)29-43(49(46,47)36-16-10-5-11-17-36)33-22-24-35(25-23-33)48-34-14-8-4-9-15-34/h3-25,37H,2,26-29H2,1H3,(H,41,45). The largest absolute Gasteiger partial charge is 0.457 e. The van der Waals surface area contributed by atoms with E-state index < -0.39 is 34.3 Å². The van der Waals surface area contributed by atoms with Crippen molar-refractivity contribution in [3.63, 3.8) is 0 Å². The Labute approximate surface area is 286 Å². The number of hydrogen-bond acceptors (Lipinski definition) is 5. The van der Waals surface area contributed by atoms with Crippen LogP contribution in [0.5, 0.6) is 11.5 Å². The van der Waals surface area contributed by atoms with Gasteiger partial charge in [-0.2, -0.15) is 0 Å². The Bertz CT molecular complexity index is 1910. The highest BCUT2D eigenvalue weighted by Crippen LogP contribution is 2.29. The zero-order valence-corrected chi connectivity index (χ0v) is 27.9. The van der Waals surface area contributed by atoms with E-state index in [2.05, 4.69) is 5.32 Å². The molecule has 0 saturated carbocycles. The molecule has 5 rings (SSSR count). The molecule has 1 unspecified atom stereocenters. The summed E-state index contributed by atoms with van der Waals surface area (Å²) < 4.78 is 49.2. The van der Waals surface area contributed by atoms with Crippen molar-refractivity contribution in [3.8, 4) is 11.5 Å². The molecule has 0 radical (unpaired) electrons. The fourth-order valence-electron chi connectivity index (χ4n) is 5.26. The van der Waals surface area contributed by atoms with Crippen molar-refractivity contribution in [3.05, 3.63) is 156 Å². The second-order valence-electron chi connectivity index (χ2n) is 11.4. The predicted molar refractivity (Wildman–Crippen MR) is 188 cm³/mol. The van der Waals surface area contributed by atoms with E-state index in [1.165, 1.54) is 29.2 Å². The van der Waals surface area contributed by atoms with Gasteiger partial charge in [0.1, 0.15) is 29.9 Å². The van der Waals surface area contributed by atoms with E-state index in [9.17, 15) is 22.4 Å². The summed E-state index contributed by atoms with van der Waals surface area (Å²) in [5.74, 6) is -0.335. The van der Waals surface area contributed by atoms with Gasteiger partial charge < -0.3 is 15.0 Å². The number of halogens is 1. The number of sulfonamides is 1. The molecule has 0 heterocycles. The van der Waals surface area contributed by atoms with E-state index in [1.807, 2.05) is 55.5 Å². The number of carbonyl (C=O) groups is 2. The van der Waals surface area contributed by atoms with Gasteiger partial charge in [-0.3, -0.25) is 13.9 Å². The second-order valence-corrected chi connectivity index (χ2v) is 13.2. The maximum atomic E-state index is 14.5. The topological polar surface area (TPSA) is 96.0 Å². The summed E-state index contributed by atoms with van der Waals surface area (Å²) in [6.07, 6.45) is 0.864. The Morgan fingerprint density at radius 2 is 1.31 bits per heavy atom. The summed E-state index contributed by atoms with van der Waals surface area (Å²) in [6, 6.07) is 37.4. The zero-order valence-electron chi connectivity index (χ0n) is 27.1. The second kappa shape index (κ2) is 16.6. The highest BCUT2D eigenvalue weighted by molar-refractivity contribution is 7.92. The van der Waals surface area contributed by atoms with Gasteiger partial charge in [-0.15, -0.1) is 0 Å². The molecular weight excluding hydrogens is 642 g/mol. The van der Waals surface area contributed by atoms with E-state index in [4.69, 9.17) is 4.74 Å². The van der Waals surface area contributed by atoms with Gasteiger partial charge >= 0.3 is 0 Å². The summed E-state index contributed by atoms with van der Waals surface area (Å²) in [5.41, 5.74) is 1.63. The molecule has 252 valence electrons. The lowest BCUT2D eigenvalue weighted by Crippen LogP contribution is -2.53. The number of nitrogens with one attached hydrogen (secondary N) is 1. The van der Waals surface area contributed by atoms with Gasteiger partial charge in [-0.25, -0.2) is 12.8 Å². The van der Waals surface area contributed by atoms with Gasteiger partial charge in [0.2, 0.25) is 11.8 Å². The number of benzene rings is 5. The van der Waals surface area contributed by atoms with Crippen LogP contribution in [0.3, 0.4) is 0 Å². The molecule has 49 heavy (non-hydrogen) atoms. The monoisotopic (exact) mass is 679 g/mol. The van der Waals surface area contributed by atoms with Crippen molar-refractivity contribution in [2.75, 3.05) is 17.4 Å². The lowest BCUT2D eigenvalue weighted by molar-refractivity contribution is -0.140. The minimum absolute atomic E-state index is 0.000906. The number of amides is 2. The molecular formula is C39H38FN3O5S. The smallest absolute Gasteiger partial charge is 0.264 e. The van der Waals surface area contributed by atoms with Crippen LogP contribution in [0.25, 0.3) is 0 Å². The average molecular weight is 680 g/mol. The molecule has 0 aliphatic rings. The first-order valence-corrected chi connectivity index (χ1v) is 17.4. The lowest BCUT2D eigenvalue weighted by Gasteiger charge is -2.34. The Balaban J connectivity index is 1.54. The Hall–Kier alpha value is -5.48. The van der Waals surface area contributed by atoms with Gasteiger partial charge in [0, 0.05) is 19.5 Å². The van der Waals surface area contributed by atoms with Crippen molar-refractivity contribution in [2.24, 2.45) is 0 Å². The van der Waals surface area contributed by atoms with Crippen molar-refractivity contribution in [1.82, 2.24) is 10.2 Å². The molecule has 10 heteroatoms. The molecule has 0 fully saturated rings. The quantitative estimate of drug-likeness (QED) is 0.129. The third-order valence-corrected chi connectivity index (χ3v) is 9.59. The van der Waals surface area contributed by atoms with Crippen LogP contribution in [0.15, 0.2) is 144 Å². The van der Waals surface area contributed by atoms with Gasteiger partial charge in [-0.05, 0) is 78.2 Å². The van der Waals surface area contributed by atoms with Gasteiger partial charge in [0.25, 0.3) is 10.0 Å². The molecule has 5 aromatic rings. The summed E-state index contributed by atoms with van der Waals surface area (Å²) in [4.78, 5) is 29.7. The number of anilines is 1. The van der Waals surface area contributed by atoms with Crippen LogP contribution in [0.2, 0.25) is 0 Å². The SMILES string of the molecule is CCCNC(=O)C(Cc1ccccc1)N(Cc1ccc(F)cc1)C(=O)CN(c1ccc(Oc2ccccc2)cc1)S(=O)(=O)c1ccccc1. The van der Waals surface area contributed by atoms with Crippen molar-refractivity contribution >= 4 is 27.5 Å². The molecule has 1 atom stereocenters. The Kier molecular flexibility index (Phi) is 11.8. The normalized spacial score (nSPS) is 11.7. The maximum Gasteiger partial charge on any atom is 0.264 e. The maximum absolute atomic E-state index is 14.5. The molecule has 0 aromatic heterocycles. The molecule has 0 bridgehead atoms. The first-order chi connectivity index (χ1) is 23.7. The van der Waals surface area contributed by atoms with Crippen LogP contribution >= 0.6 is 0 Å². The molecule has 0 aliphatic carbocycles. The highest BCUT2D eigenvalue weighted by atomic mass is 32.2. The van der Waals surface area contributed by atoms with Crippen LogP contribution < -0.4 is 14.4 Å². The summed E-state index contributed by atoms with van der Waals surface area (Å²) in [5, 5.41) is 2.91. The minimum atomic E-state index is -4.26. The zero-order chi connectivity index (χ0) is 34.6. The Morgan fingerprint density at radius 1 is 0.735 bits per heavy atom. The van der Waals surface area contributed by atoms with Crippen molar-refractivity contribution < 1.29 is 27.1 Å². The van der Waals surface area contributed by atoms with Gasteiger partial charge in [0.05, 0.1) is 10.6 Å². The number of rotatable bonds is 15. The number of nitrogens with zero attached hydrogens (tertiary/aromatic N) is 2. The van der Waals surface area contributed by atoms with E-state index in [-0.39, 0.29) is 29.5 Å². The van der Waals surface area contributed by atoms with Gasteiger partial charge in [-0.1, -0.05) is 85.8 Å². The Morgan fingerprint density at radius 3 is 1.92 bits per heavy atom. The van der Waals surface area contributed by atoms with Crippen LogP contribution in [0.4, 0.5) is 10.1 Å². The average Bonchev–Trinajstić information content (AvgIpc) is 3.13. The molecule has 2 amide bonds. The highest BCUT2D eigenvalue weighted by Gasteiger charge is 2.34. The summed E-state index contributed by atoms with van der Waals surface area (Å²) in [6.45, 7) is 1.66. The first-order valence-electron chi connectivity index (χ1n) is 16.0. The van der Waals surface area contributed by atoms with E-state index >= 15 is 0 Å². The summed E-state index contributed by atoms with van der Waals surface area (Å²) in [7, 11) is -4.26. The number of ether oxygens (including phenoxy) is 1. The number of carbonyl (C=O) groups excluding carboxylic acids is 2. The minimum Gasteiger partial charge on any atom is -0.457 e. The molecule has 8 nitrogen and oxygen atoms in total. The van der Waals surface area contributed by atoms with Gasteiger partial charge in [0.15, 0.2) is 0 Å². The van der Waals surface area contributed by atoms with E-state index in [1.54, 1.807) is 66.7 Å².